The molecular formula is C17H28N4O3S. The lowest BCUT2D eigenvalue weighted by molar-refractivity contribution is -0.0440. The van der Waals surface area contributed by atoms with Crippen LogP contribution >= 0.6 is 0 Å². The summed E-state index contributed by atoms with van der Waals surface area (Å²) in [5.74, 6) is 0.143. The lowest BCUT2D eigenvalue weighted by Gasteiger charge is -2.34. The van der Waals surface area contributed by atoms with E-state index in [9.17, 15) is 8.42 Å². The van der Waals surface area contributed by atoms with Crippen LogP contribution in [-0.2, 0) is 14.8 Å². The normalized spacial score (nSPS) is 22.8. The van der Waals surface area contributed by atoms with Crippen molar-refractivity contribution in [1.29, 1.82) is 0 Å². The molecule has 1 fully saturated rings. The first-order valence-corrected chi connectivity index (χ1v) is 10.1. The topological polar surface area (TPSA) is 97.0 Å². The molecule has 1 aliphatic rings. The fraction of sp³-hybridized carbons (Fsp3) is 0.588. The maximum Gasteiger partial charge on any atom is 0.216 e. The van der Waals surface area contributed by atoms with E-state index in [4.69, 9.17) is 10.5 Å². The predicted octanol–water partition coefficient (Wildman–Crippen LogP) is 1.47. The van der Waals surface area contributed by atoms with Gasteiger partial charge in [0.25, 0.3) is 0 Å². The molecule has 1 heterocycles. The molecule has 0 aliphatic carbocycles. The summed E-state index contributed by atoms with van der Waals surface area (Å²) in [6.45, 7) is 8.69. The Morgan fingerprint density at radius 3 is 2.52 bits per heavy atom. The highest BCUT2D eigenvalue weighted by Gasteiger charge is 2.30. The van der Waals surface area contributed by atoms with Gasteiger partial charge in [-0.2, -0.15) is 4.31 Å². The number of guanidine groups is 1. The number of sulfonamides is 1. The maximum atomic E-state index is 12.4. The molecule has 1 saturated heterocycles. The molecule has 0 amide bonds. The Bertz CT molecular complexity index is 723. The van der Waals surface area contributed by atoms with Crippen molar-refractivity contribution >= 4 is 21.7 Å². The molecule has 7 nitrogen and oxygen atoms in total. The summed E-state index contributed by atoms with van der Waals surface area (Å²) in [5, 5.41) is 2.99. The zero-order valence-electron chi connectivity index (χ0n) is 15.3. The first-order valence-electron chi connectivity index (χ1n) is 8.45. The van der Waals surface area contributed by atoms with E-state index in [1.54, 1.807) is 0 Å². The molecule has 140 valence electrons. The molecule has 0 spiro atoms. The molecule has 3 N–H and O–H groups in total. The second kappa shape index (κ2) is 8.16. The molecule has 2 rings (SSSR count). The monoisotopic (exact) mass is 368 g/mol. The SMILES string of the molecule is Cc1ccc(NC(N)=NCCS(=O)(=O)N2CC(C)OC(C)C2)cc1C. The number of anilines is 1. The van der Waals surface area contributed by atoms with E-state index in [0.29, 0.717) is 13.1 Å². The highest BCUT2D eigenvalue weighted by molar-refractivity contribution is 7.89. The number of nitrogens with zero attached hydrogens (tertiary/aromatic N) is 2. The minimum atomic E-state index is -3.37. The van der Waals surface area contributed by atoms with E-state index in [1.165, 1.54) is 9.87 Å². The third-order valence-electron chi connectivity index (χ3n) is 4.19. The van der Waals surface area contributed by atoms with Gasteiger partial charge in [0.05, 0.1) is 24.5 Å². The average Bonchev–Trinajstić information content (AvgIpc) is 2.50. The minimum Gasteiger partial charge on any atom is -0.373 e. The van der Waals surface area contributed by atoms with Gasteiger partial charge in [-0.25, -0.2) is 8.42 Å². The molecular weight excluding hydrogens is 340 g/mol. The van der Waals surface area contributed by atoms with E-state index in [1.807, 2.05) is 45.9 Å². The smallest absolute Gasteiger partial charge is 0.216 e. The van der Waals surface area contributed by atoms with Crippen LogP contribution in [0.2, 0.25) is 0 Å². The van der Waals surface area contributed by atoms with Gasteiger partial charge in [-0.05, 0) is 51.0 Å². The minimum absolute atomic E-state index is 0.0677. The second-order valence-electron chi connectivity index (χ2n) is 6.58. The molecule has 1 aliphatic heterocycles. The Morgan fingerprint density at radius 2 is 1.92 bits per heavy atom. The highest BCUT2D eigenvalue weighted by atomic mass is 32.2. The van der Waals surface area contributed by atoms with Gasteiger partial charge >= 0.3 is 0 Å². The highest BCUT2D eigenvalue weighted by Crippen LogP contribution is 2.15. The number of hydrogen-bond donors (Lipinski definition) is 2. The fourth-order valence-electron chi connectivity index (χ4n) is 2.77. The Morgan fingerprint density at radius 1 is 1.28 bits per heavy atom. The van der Waals surface area contributed by atoms with Crippen LogP contribution in [-0.4, -0.2) is 56.3 Å². The molecule has 0 radical (unpaired) electrons. The van der Waals surface area contributed by atoms with Crippen LogP contribution in [0.4, 0.5) is 5.69 Å². The summed E-state index contributed by atoms with van der Waals surface area (Å²) < 4.78 is 31.9. The predicted molar refractivity (Wildman–Crippen MR) is 101 cm³/mol. The second-order valence-corrected chi connectivity index (χ2v) is 8.67. The maximum absolute atomic E-state index is 12.4. The number of morpholine rings is 1. The van der Waals surface area contributed by atoms with Gasteiger partial charge in [0.2, 0.25) is 10.0 Å². The van der Waals surface area contributed by atoms with Crippen molar-refractivity contribution in [2.45, 2.75) is 39.9 Å². The Hall–Kier alpha value is -1.64. The number of ether oxygens (including phenoxy) is 1. The largest absolute Gasteiger partial charge is 0.373 e. The molecule has 2 atom stereocenters. The lowest BCUT2D eigenvalue weighted by atomic mass is 10.1. The number of benzene rings is 1. The van der Waals surface area contributed by atoms with E-state index in [2.05, 4.69) is 10.3 Å². The summed E-state index contributed by atoms with van der Waals surface area (Å²) in [7, 11) is -3.37. The molecule has 0 saturated carbocycles. The summed E-state index contributed by atoms with van der Waals surface area (Å²) >= 11 is 0. The first kappa shape index (κ1) is 19.7. The van der Waals surface area contributed by atoms with Crippen LogP contribution in [0.15, 0.2) is 23.2 Å². The summed E-state index contributed by atoms with van der Waals surface area (Å²) in [6, 6.07) is 5.89. The van der Waals surface area contributed by atoms with E-state index in [0.717, 1.165) is 11.3 Å². The lowest BCUT2D eigenvalue weighted by Crippen LogP contribution is -2.49. The third kappa shape index (κ3) is 5.69. The van der Waals surface area contributed by atoms with E-state index in [-0.39, 0.29) is 30.5 Å². The molecule has 8 heteroatoms. The van der Waals surface area contributed by atoms with Crippen LogP contribution in [0.1, 0.15) is 25.0 Å². The number of rotatable bonds is 5. The van der Waals surface area contributed by atoms with Crippen LogP contribution in [0.25, 0.3) is 0 Å². The Labute approximate surface area is 150 Å². The van der Waals surface area contributed by atoms with Crippen molar-refractivity contribution in [3.63, 3.8) is 0 Å². The van der Waals surface area contributed by atoms with Crippen LogP contribution in [0, 0.1) is 13.8 Å². The van der Waals surface area contributed by atoms with Crippen LogP contribution in [0.5, 0.6) is 0 Å². The summed E-state index contributed by atoms with van der Waals surface area (Å²) in [6.07, 6.45) is -0.197. The Balaban J connectivity index is 1.91. The van der Waals surface area contributed by atoms with Gasteiger partial charge in [-0.3, -0.25) is 4.99 Å². The average molecular weight is 369 g/mol. The molecule has 1 aromatic carbocycles. The number of nitrogens with two attached hydrogens (primary N) is 1. The van der Waals surface area contributed by atoms with E-state index >= 15 is 0 Å². The van der Waals surface area contributed by atoms with Gasteiger partial charge in [-0.1, -0.05) is 6.07 Å². The number of aryl methyl sites for hydroxylation is 2. The number of nitrogens with one attached hydrogen (secondary N) is 1. The van der Waals surface area contributed by atoms with Crippen molar-refractivity contribution in [3.8, 4) is 0 Å². The molecule has 2 unspecified atom stereocenters. The number of aliphatic imine (C=N–C) groups is 1. The van der Waals surface area contributed by atoms with Crippen molar-refractivity contribution in [1.82, 2.24) is 4.31 Å². The quantitative estimate of drug-likeness (QED) is 0.606. The zero-order valence-corrected chi connectivity index (χ0v) is 16.1. The van der Waals surface area contributed by atoms with Gasteiger partial charge in [-0.15, -0.1) is 0 Å². The van der Waals surface area contributed by atoms with Gasteiger partial charge in [0.15, 0.2) is 5.96 Å². The van der Waals surface area contributed by atoms with Crippen molar-refractivity contribution < 1.29 is 13.2 Å². The molecule has 0 bridgehead atoms. The number of hydrogen-bond acceptors (Lipinski definition) is 4. The Kier molecular flexibility index (Phi) is 6.42. The molecule has 25 heavy (non-hydrogen) atoms. The van der Waals surface area contributed by atoms with Gasteiger partial charge in [0, 0.05) is 18.8 Å². The van der Waals surface area contributed by atoms with Crippen molar-refractivity contribution in [3.05, 3.63) is 29.3 Å². The molecule has 0 aromatic heterocycles. The van der Waals surface area contributed by atoms with Crippen molar-refractivity contribution in [2.75, 3.05) is 30.7 Å². The molecule has 1 aromatic rings. The first-order chi connectivity index (χ1) is 11.7. The van der Waals surface area contributed by atoms with Crippen molar-refractivity contribution in [2.24, 2.45) is 10.7 Å². The summed E-state index contributed by atoms with van der Waals surface area (Å²) in [5.41, 5.74) is 9.04. The fourth-order valence-corrected chi connectivity index (χ4v) is 4.23. The van der Waals surface area contributed by atoms with Crippen LogP contribution < -0.4 is 11.1 Å². The third-order valence-corrected chi connectivity index (χ3v) is 5.97. The van der Waals surface area contributed by atoms with Gasteiger partial charge < -0.3 is 15.8 Å². The van der Waals surface area contributed by atoms with Crippen LogP contribution in [0.3, 0.4) is 0 Å². The van der Waals surface area contributed by atoms with E-state index < -0.39 is 10.0 Å². The van der Waals surface area contributed by atoms with Gasteiger partial charge in [0.1, 0.15) is 0 Å². The standard InChI is InChI=1S/C17H28N4O3S/c1-12-5-6-16(9-13(12)2)20-17(18)19-7-8-25(22,23)21-10-14(3)24-15(4)11-21/h5-6,9,14-15H,7-8,10-11H2,1-4H3,(H3,18,19,20). The zero-order chi connectivity index (χ0) is 18.6. The summed E-state index contributed by atoms with van der Waals surface area (Å²) in [4.78, 5) is 4.14.